The highest BCUT2D eigenvalue weighted by molar-refractivity contribution is 6.30. The summed E-state index contributed by atoms with van der Waals surface area (Å²) >= 11 is 5.95. The van der Waals surface area contributed by atoms with Gasteiger partial charge in [-0.25, -0.2) is 0 Å². The number of furan rings is 1. The second-order valence-electron chi connectivity index (χ2n) is 7.01. The molecule has 8 heteroatoms. The summed E-state index contributed by atoms with van der Waals surface area (Å²) < 4.78 is 13.7. The Morgan fingerprint density at radius 3 is 2.71 bits per heavy atom. The largest absolute Gasteiger partial charge is 0.468 e. The maximum atomic E-state index is 13.2. The van der Waals surface area contributed by atoms with Crippen LogP contribution in [-0.2, 0) is 16.1 Å². The maximum absolute atomic E-state index is 13.2. The van der Waals surface area contributed by atoms with E-state index in [1.807, 2.05) is 30.3 Å². The van der Waals surface area contributed by atoms with Crippen molar-refractivity contribution in [2.45, 2.75) is 6.54 Å². The highest BCUT2D eigenvalue weighted by Crippen LogP contribution is 2.27. The van der Waals surface area contributed by atoms with E-state index >= 15 is 0 Å². The average Bonchev–Trinajstić information content (AvgIpc) is 3.39. The van der Waals surface area contributed by atoms with Gasteiger partial charge < -0.3 is 9.15 Å². The number of hydrogen-bond donors (Lipinski definition) is 0. The minimum absolute atomic E-state index is 0.0216. The summed E-state index contributed by atoms with van der Waals surface area (Å²) in [6.07, 6.45) is 3.33. The van der Waals surface area contributed by atoms with E-state index in [9.17, 15) is 9.59 Å². The molecule has 0 radical (unpaired) electrons. The Morgan fingerprint density at radius 1 is 1.13 bits per heavy atom. The smallest absolute Gasteiger partial charge is 0.327 e. The first-order valence-corrected chi connectivity index (χ1v) is 9.85. The van der Waals surface area contributed by atoms with Crippen LogP contribution in [0.5, 0.6) is 0 Å². The monoisotopic (exact) mass is 433 g/mol. The molecule has 5 aromatic rings. The van der Waals surface area contributed by atoms with Crippen LogP contribution in [-0.4, -0.2) is 27.4 Å². The molecule has 0 amide bonds. The van der Waals surface area contributed by atoms with Crippen LogP contribution in [0.2, 0.25) is 5.02 Å². The van der Waals surface area contributed by atoms with Crippen molar-refractivity contribution in [1.29, 1.82) is 0 Å². The molecule has 2 aromatic carbocycles. The number of fused-ring (bicyclic) bond motifs is 2. The zero-order valence-electron chi connectivity index (χ0n) is 16.4. The number of nitrogens with zero attached hydrogens (tertiary/aromatic N) is 3. The van der Waals surface area contributed by atoms with E-state index in [2.05, 4.69) is 5.10 Å². The lowest BCUT2D eigenvalue weighted by Gasteiger charge is -2.06. The van der Waals surface area contributed by atoms with E-state index < -0.39 is 0 Å². The first kappa shape index (κ1) is 19.1. The van der Waals surface area contributed by atoms with Crippen molar-refractivity contribution in [2.24, 2.45) is 0 Å². The lowest BCUT2D eigenvalue weighted by Crippen LogP contribution is -2.16. The van der Waals surface area contributed by atoms with Gasteiger partial charge in [-0.15, -0.1) is 0 Å². The van der Waals surface area contributed by atoms with Crippen molar-refractivity contribution >= 4 is 39.4 Å². The molecular formula is C23H16ClN3O4. The van der Waals surface area contributed by atoms with Crippen molar-refractivity contribution in [3.8, 4) is 17.0 Å². The lowest BCUT2D eigenvalue weighted by atomic mass is 10.1. The fraction of sp³-hybridized carbons (Fsp3) is 0.0870. The van der Waals surface area contributed by atoms with E-state index in [1.54, 1.807) is 45.9 Å². The Morgan fingerprint density at radius 2 is 1.94 bits per heavy atom. The van der Waals surface area contributed by atoms with Gasteiger partial charge in [0, 0.05) is 27.9 Å². The van der Waals surface area contributed by atoms with E-state index in [0.717, 1.165) is 16.5 Å². The van der Waals surface area contributed by atoms with Gasteiger partial charge in [0.05, 0.1) is 24.2 Å². The standard InChI is InChI=1S/C23H16ClN3O4/c1-30-22(28)13-27-19-7-6-17(10-15(19)12-25-27)26-9-8-20-18(23(26)29)11-21(31-20)14-2-4-16(24)5-3-14/h2-12H,13H2,1H3. The van der Waals surface area contributed by atoms with Crippen LogP contribution in [0.1, 0.15) is 0 Å². The number of pyridine rings is 1. The van der Waals surface area contributed by atoms with Crippen LogP contribution in [0, 0.1) is 0 Å². The quantitative estimate of drug-likeness (QED) is 0.392. The van der Waals surface area contributed by atoms with Crippen molar-refractivity contribution in [3.63, 3.8) is 0 Å². The van der Waals surface area contributed by atoms with Crippen LogP contribution in [0.3, 0.4) is 0 Å². The van der Waals surface area contributed by atoms with Crippen LogP contribution in [0.25, 0.3) is 38.9 Å². The highest BCUT2D eigenvalue weighted by atomic mass is 35.5. The SMILES string of the molecule is COC(=O)Cn1ncc2cc(-n3ccc4oc(-c5ccc(Cl)cc5)cc4c3=O)ccc21. The van der Waals surface area contributed by atoms with Gasteiger partial charge in [-0.05, 0) is 54.6 Å². The number of methoxy groups -OCH3 is 1. The van der Waals surface area contributed by atoms with Crippen LogP contribution < -0.4 is 5.56 Å². The molecule has 0 fully saturated rings. The predicted molar refractivity (Wildman–Crippen MR) is 118 cm³/mol. The molecule has 0 unspecified atom stereocenters. The fourth-order valence-electron chi connectivity index (χ4n) is 3.53. The summed E-state index contributed by atoms with van der Waals surface area (Å²) in [6.45, 7) is 0.0216. The zero-order chi connectivity index (χ0) is 21.5. The molecular weight excluding hydrogens is 418 g/mol. The second-order valence-corrected chi connectivity index (χ2v) is 7.44. The van der Waals surface area contributed by atoms with Gasteiger partial charge in [-0.1, -0.05) is 11.6 Å². The van der Waals surface area contributed by atoms with E-state index in [1.165, 1.54) is 7.11 Å². The molecule has 0 aliphatic carbocycles. The second kappa shape index (κ2) is 7.45. The minimum atomic E-state index is -0.382. The van der Waals surface area contributed by atoms with Gasteiger partial charge in [0.1, 0.15) is 17.9 Å². The Labute approximate surface area is 181 Å². The number of carbonyl (C=O) groups is 1. The summed E-state index contributed by atoms with van der Waals surface area (Å²) in [5.74, 6) is 0.216. The van der Waals surface area contributed by atoms with Gasteiger partial charge in [0.2, 0.25) is 0 Å². The molecule has 0 spiro atoms. The number of benzene rings is 2. The number of esters is 1. The molecule has 0 aliphatic rings. The summed E-state index contributed by atoms with van der Waals surface area (Å²) in [5.41, 5.74) is 2.62. The molecule has 5 rings (SSSR count). The maximum Gasteiger partial charge on any atom is 0.327 e. The minimum Gasteiger partial charge on any atom is -0.468 e. The molecule has 0 atom stereocenters. The Hall–Kier alpha value is -3.84. The van der Waals surface area contributed by atoms with Crippen LogP contribution in [0.4, 0.5) is 0 Å². The summed E-state index contributed by atoms with van der Waals surface area (Å²) in [4.78, 5) is 24.7. The predicted octanol–water partition coefficient (Wildman–Crippen LogP) is 4.43. The van der Waals surface area contributed by atoms with E-state index in [4.69, 9.17) is 20.8 Å². The van der Waals surface area contributed by atoms with E-state index in [-0.39, 0.29) is 18.1 Å². The van der Waals surface area contributed by atoms with Gasteiger partial charge >= 0.3 is 5.97 Å². The number of hydrogen-bond acceptors (Lipinski definition) is 5. The average molecular weight is 434 g/mol. The number of rotatable bonds is 4. The highest BCUT2D eigenvalue weighted by Gasteiger charge is 2.13. The van der Waals surface area contributed by atoms with Crippen molar-refractivity contribution in [3.05, 3.63) is 82.4 Å². The third-order valence-corrected chi connectivity index (χ3v) is 5.38. The number of aromatic nitrogens is 3. The molecule has 3 heterocycles. The fourth-order valence-corrected chi connectivity index (χ4v) is 3.66. The third-order valence-electron chi connectivity index (χ3n) is 5.12. The van der Waals surface area contributed by atoms with Gasteiger partial charge in [0.25, 0.3) is 5.56 Å². The van der Waals surface area contributed by atoms with Gasteiger partial charge in [-0.3, -0.25) is 18.8 Å². The summed E-state index contributed by atoms with van der Waals surface area (Å²) in [7, 11) is 1.34. The molecule has 154 valence electrons. The Balaban J connectivity index is 1.56. The molecule has 3 aromatic heterocycles. The van der Waals surface area contributed by atoms with E-state index in [0.29, 0.717) is 27.4 Å². The topological polar surface area (TPSA) is 79.3 Å². The first-order valence-electron chi connectivity index (χ1n) is 9.47. The number of ether oxygens (including phenoxy) is 1. The molecule has 31 heavy (non-hydrogen) atoms. The van der Waals surface area contributed by atoms with Crippen molar-refractivity contribution in [2.75, 3.05) is 7.11 Å². The molecule has 0 saturated heterocycles. The number of halogens is 1. The van der Waals surface area contributed by atoms with Crippen LogP contribution in [0.15, 0.2) is 76.2 Å². The molecule has 7 nitrogen and oxygen atoms in total. The molecule has 0 bridgehead atoms. The van der Waals surface area contributed by atoms with Gasteiger partial charge in [-0.2, -0.15) is 5.10 Å². The Kier molecular flexibility index (Phi) is 4.60. The summed E-state index contributed by atoms with van der Waals surface area (Å²) in [6, 6.07) is 16.2. The number of carbonyl (C=O) groups excluding carboxylic acids is 1. The molecule has 0 N–H and O–H groups in total. The Bertz CT molecular complexity index is 1500. The molecule has 0 saturated carbocycles. The van der Waals surface area contributed by atoms with Crippen molar-refractivity contribution in [1.82, 2.24) is 14.3 Å². The zero-order valence-corrected chi connectivity index (χ0v) is 17.2. The van der Waals surface area contributed by atoms with Gasteiger partial charge in [0.15, 0.2) is 0 Å². The third kappa shape index (κ3) is 3.39. The van der Waals surface area contributed by atoms with Crippen LogP contribution >= 0.6 is 11.6 Å². The lowest BCUT2D eigenvalue weighted by molar-refractivity contribution is -0.141. The van der Waals surface area contributed by atoms with Crippen molar-refractivity contribution < 1.29 is 13.9 Å². The molecule has 0 aliphatic heterocycles. The first-order chi connectivity index (χ1) is 15.0. The normalized spacial score (nSPS) is 11.3. The summed E-state index contributed by atoms with van der Waals surface area (Å²) in [5, 5.41) is 6.16.